The number of hydrogen-bond donors (Lipinski definition) is 4. The number of carbonyl (C=O) groups is 2. The van der Waals surface area contributed by atoms with Crippen LogP contribution in [-0.4, -0.2) is 25.0 Å². The number of amides is 3. The number of nitrogens with two attached hydrogens (primary N) is 1. The number of rotatable bonds is 7. The van der Waals surface area contributed by atoms with E-state index >= 15 is 0 Å². The molecule has 3 amide bonds. The van der Waals surface area contributed by atoms with Gasteiger partial charge in [-0.15, -0.1) is 0 Å². The van der Waals surface area contributed by atoms with E-state index in [0.29, 0.717) is 25.2 Å². The lowest BCUT2D eigenvalue weighted by Crippen LogP contribution is -2.28. The van der Waals surface area contributed by atoms with E-state index in [-0.39, 0.29) is 11.9 Å². The van der Waals surface area contributed by atoms with Crippen LogP contribution in [0.2, 0.25) is 0 Å². The van der Waals surface area contributed by atoms with E-state index in [2.05, 4.69) is 16.0 Å². The fourth-order valence-corrected chi connectivity index (χ4v) is 1.80. The molecule has 0 radical (unpaired) electrons. The highest BCUT2D eigenvalue weighted by molar-refractivity contribution is 5.87. The average Bonchev–Trinajstić information content (AvgIpc) is 2.39. The molecule has 0 spiro atoms. The molecular weight excluding hydrogens is 256 g/mol. The fourth-order valence-electron chi connectivity index (χ4n) is 1.80. The summed E-state index contributed by atoms with van der Waals surface area (Å²) >= 11 is 0. The van der Waals surface area contributed by atoms with Crippen molar-refractivity contribution in [2.45, 2.75) is 26.3 Å². The Hall–Kier alpha value is -2.08. The van der Waals surface area contributed by atoms with Gasteiger partial charge >= 0.3 is 6.03 Å². The van der Waals surface area contributed by atoms with Crippen molar-refractivity contribution < 1.29 is 9.59 Å². The van der Waals surface area contributed by atoms with Gasteiger partial charge in [0.1, 0.15) is 0 Å². The maximum atomic E-state index is 11.3. The van der Waals surface area contributed by atoms with Crippen molar-refractivity contribution >= 4 is 17.6 Å². The maximum Gasteiger partial charge on any atom is 0.316 e. The van der Waals surface area contributed by atoms with Gasteiger partial charge in [0, 0.05) is 31.2 Å². The van der Waals surface area contributed by atoms with Gasteiger partial charge in [0.05, 0.1) is 0 Å². The third-order valence-electron chi connectivity index (χ3n) is 2.85. The number of primary amides is 1. The Labute approximate surface area is 119 Å². The van der Waals surface area contributed by atoms with Crippen molar-refractivity contribution in [2.24, 2.45) is 5.73 Å². The zero-order valence-corrected chi connectivity index (χ0v) is 11.9. The first-order chi connectivity index (χ1) is 9.52. The first-order valence-electron chi connectivity index (χ1n) is 6.69. The minimum absolute atomic E-state index is 0.0493. The molecule has 6 nitrogen and oxygen atoms in total. The number of anilines is 1. The zero-order valence-electron chi connectivity index (χ0n) is 11.9. The Morgan fingerprint density at radius 2 is 1.90 bits per heavy atom. The van der Waals surface area contributed by atoms with Gasteiger partial charge in [-0.25, -0.2) is 4.79 Å². The molecule has 1 atom stereocenters. The highest BCUT2D eigenvalue weighted by atomic mass is 16.2. The standard InChI is InChI=1S/C14H22N4O2/c1-3-16-13(19)8-9-17-10(2)11-4-6-12(7-5-11)18-14(15)20/h4-7,10,17H,3,8-9H2,1-2H3,(H,16,19)(H3,15,18,20). The molecule has 1 rings (SSSR count). The van der Waals surface area contributed by atoms with Crippen LogP contribution in [0.3, 0.4) is 0 Å². The number of carbonyl (C=O) groups excluding carboxylic acids is 2. The molecule has 0 saturated carbocycles. The number of hydrogen-bond acceptors (Lipinski definition) is 3. The van der Waals surface area contributed by atoms with Crippen LogP contribution < -0.4 is 21.7 Å². The summed E-state index contributed by atoms with van der Waals surface area (Å²) in [6.45, 7) is 5.20. The van der Waals surface area contributed by atoms with Crippen molar-refractivity contribution in [3.63, 3.8) is 0 Å². The molecule has 0 aliphatic rings. The summed E-state index contributed by atoms with van der Waals surface area (Å²) in [6.07, 6.45) is 0.458. The van der Waals surface area contributed by atoms with Gasteiger partial charge < -0.3 is 21.7 Å². The normalized spacial score (nSPS) is 11.7. The van der Waals surface area contributed by atoms with Gasteiger partial charge in [-0.2, -0.15) is 0 Å². The Bertz CT molecular complexity index is 445. The van der Waals surface area contributed by atoms with Crippen LogP contribution in [0.1, 0.15) is 31.9 Å². The van der Waals surface area contributed by atoms with Crippen molar-refractivity contribution in [3.05, 3.63) is 29.8 Å². The maximum absolute atomic E-state index is 11.3. The Balaban J connectivity index is 2.41. The van der Waals surface area contributed by atoms with Crippen LogP contribution in [0.5, 0.6) is 0 Å². The molecule has 1 aromatic rings. The second-order valence-electron chi connectivity index (χ2n) is 4.49. The topological polar surface area (TPSA) is 96.2 Å². The minimum atomic E-state index is -0.578. The quantitative estimate of drug-likeness (QED) is 0.606. The third-order valence-corrected chi connectivity index (χ3v) is 2.85. The summed E-state index contributed by atoms with van der Waals surface area (Å²) in [7, 11) is 0. The molecule has 1 unspecified atom stereocenters. The smallest absolute Gasteiger partial charge is 0.316 e. The van der Waals surface area contributed by atoms with Crippen molar-refractivity contribution in [2.75, 3.05) is 18.4 Å². The molecule has 0 fully saturated rings. The SMILES string of the molecule is CCNC(=O)CCNC(C)c1ccc(NC(N)=O)cc1. The van der Waals surface area contributed by atoms with E-state index in [9.17, 15) is 9.59 Å². The molecule has 0 aliphatic carbocycles. The highest BCUT2D eigenvalue weighted by Gasteiger charge is 2.06. The van der Waals surface area contributed by atoms with Crippen LogP contribution in [0, 0.1) is 0 Å². The van der Waals surface area contributed by atoms with Gasteiger partial charge in [-0.1, -0.05) is 12.1 Å². The van der Waals surface area contributed by atoms with Gasteiger partial charge in [-0.3, -0.25) is 4.79 Å². The van der Waals surface area contributed by atoms with E-state index < -0.39 is 6.03 Å². The van der Waals surface area contributed by atoms with Gasteiger partial charge in [-0.05, 0) is 31.5 Å². The molecule has 5 N–H and O–H groups in total. The molecule has 110 valence electrons. The molecule has 0 saturated heterocycles. The Kier molecular flexibility index (Phi) is 6.52. The lowest BCUT2D eigenvalue weighted by molar-refractivity contribution is -0.120. The zero-order chi connectivity index (χ0) is 15.0. The second-order valence-corrected chi connectivity index (χ2v) is 4.49. The average molecular weight is 278 g/mol. The summed E-state index contributed by atoms with van der Waals surface area (Å²) in [5.74, 6) is 0.0493. The first-order valence-corrected chi connectivity index (χ1v) is 6.69. The van der Waals surface area contributed by atoms with Crippen LogP contribution in [0.15, 0.2) is 24.3 Å². The lowest BCUT2D eigenvalue weighted by Gasteiger charge is -2.14. The van der Waals surface area contributed by atoms with Crippen LogP contribution in [-0.2, 0) is 4.79 Å². The molecular formula is C14H22N4O2. The summed E-state index contributed by atoms with van der Waals surface area (Å²) in [6, 6.07) is 6.96. The van der Waals surface area contributed by atoms with E-state index in [4.69, 9.17) is 5.73 Å². The van der Waals surface area contributed by atoms with Crippen molar-refractivity contribution in [3.8, 4) is 0 Å². The second kappa shape index (κ2) is 8.16. The van der Waals surface area contributed by atoms with Gasteiger partial charge in [0.15, 0.2) is 0 Å². The van der Waals surface area contributed by atoms with Gasteiger partial charge in [0.25, 0.3) is 0 Å². The molecule has 0 aliphatic heterocycles. The summed E-state index contributed by atoms with van der Waals surface area (Å²) in [5.41, 5.74) is 6.78. The number of urea groups is 1. The summed E-state index contributed by atoms with van der Waals surface area (Å²) in [4.78, 5) is 22.0. The van der Waals surface area contributed by atoms with Crippen LogP contribution in [0.4, 0.5) is 10.5 Å². The molecule has 0 bridgehead atoms. The summed E-state index contributed by atoms with van der Waals surface area (Å²) in [5, 5.41) is 8.54. The third kappa shape index (κ3) is 5.71. The van der Waals surface area contributed by atoms with Crippen LogP contribution in [0.25, 0.3) is 0 Å². The van der Waals surface area contributed by atoms with E-state index in [0.717, 1.165) is 5.56 Å². The Morgan fingerprint density at radius 3 is 2.45 bits per heavy atom. The van der Waals surface area contributed by atoms with Gasteiger partial charge in [0.2, 0.25) is 5.91 Å². The minimum Gasteiger partial charge on any atom is -0.356 e. The first kappa shape index (κ1) is 16.0. The van der Waals surface area contributed by atoms with Crippen LogP contribution >= 0.6 is 0 Å². The molecule has 0 aromatic heterocycles. The molecule has 0 heterocycles. The predicted molar refractivity (Wildman–Crippen MR) is 79.4 cm³/mol. The van der Waals surface area contributed by atoms with Crippen molar-refractivity contribution in [1.82, 2.24) is 10.6 Å². The predicted octanol–water partition coefficient (Wildman–Crippen LogP) is 1.35. The fraction of sp³-hybridized carbons (Fsp3) is 0.429. The van der Waals surface area contributed by atoms with E-state index in [1.54, 1.807) is 12.1 Å². The number of nitrogens with one attached hydrogen (secondary N) is 3. The number of benzene rings is 1. The summed E-state index contributed by atoms with van der Waals surface area (Å²) < 4.78 is 0. The molecule has 1 aromatic carbocycles. The molecule has 6 heteroatoms. The van der Waals surface area contributed by atoms with E-state index in [1.165, 1.54) is 0 Å². The monoisotopic (exact) mass is 278 g/mol. The molecule has 20 heavy (non-hydrogen) atoms. The largest absolute Gasteiger partial charge is 0.356 e. The Morgan fingerprint density at radius 1 is 1.25 bits per heavy atom. The van der Waals surface area contributed by atoms with Crippen molar-refractivity contribution in [1.29, 1.82) is 0 Å². The highest BCUT2D eigenvalue weighted by Crippen LogP contribution is 2.15. The van der Waals surface area contributed by atoms with E-state index in [1.807, 2.05) is 26.0 Å². The lowest BCUT2D eigenvalue weighted by atomic mass is 10.1.